The number of hydrogen-bond donors (Lipinski definition) is 0. The summed E-state index contributed by atoms with van der Waals surface area (Å²) in [6, 6.07) is 6.46. The third-order valence-electron chi connectivity index (χ3n) is 2.81. The maximum atomic E-state index is 12.0. The normalized spacial score (nSPS) is 20.4. The minimum atomic E-state index is -1.72. The van der Waals surface area contributed by atoms with Crippen molar-refractivity contribution < 1.29 is 19.1 Å². The van der Waals surface area contributed by atoms with Gasteiger partial charge in [-0.1, -0.05) is 24.3 Å². The second kappa shape index (κ2) is 2.66. The molecule has 0 saturated heterocycles. The second-order valence-electron chi connectivity index (χ2n) is 3.69. The zero-order valence-electron chi connectivity index (χ0n) is 8.10. The average molecular weight is 214 g/mol. The molecule has 3 rings (SSSR count). The van der Waals surface area contributed by atoms with Gasteiger partial charge in [-0.15, -0.1) is 0 Å². The number of fused-ring (bicyclic) bond motifs is 1. The zero-order valence-corrected chi connectivity index (χ0v) is 8.10. The van der Waals surface area contributed by atoms with Gasteiger partial charge in [0, 0.05) is 17.2 Å². The van der Waals surface area contributed by atoms with Gasteiger partial charge in [0.15, 0.2) is 0 Å². The van der Waals surface area contributed by atoms with E-state index in [4.69, 9.17) is 4.74 Å². The van der Waals surface area contributed by atoms with Crippen molar-refractivity contribution >= 4 is 17.5 Å². The van der Waals surface area contributed by atoms with E-state index in [-0.39, 0.29) is 0 Å². The largest absolute Gasteiger partial charge is 0.435 e. The molecule has 1 heterocycles. The second-order valence-corrected chi connectivity index (χ2v) is 3.69. The van der Waals surface area contributed by atoms with Crippen LogP contribution in [0.3, 0.4) is 0 Å². The van der Waals surface area contributed by atoms with Gasteiger partial charge < -0.3 is 4.74 Å². The summed E-state index contributed by atoms with van der Waals surface area (Å²) < 4.78 is 4.87. The number of rotatable bonds is 0. The summed E-state index contributed by atoms with van der Waals surface area (Å²) in [6.45, 7) is 0. The van der Waals surface area contributed by atoms with Gasteiger partial charge in [-0.2, -0.15) is 0 Å². The van der Waals surface area contributed by atoms with Crippen molar-refractivity contribution in [1.29, 1.82) is 0 Å². The highest BCUT2D eigenvalue weighted by atomic mass is 16.6. The first kappa shape index (κ1) is 9.03. The molecule has 0 bridgehead atoms. The number of hydrogen-bond acceptors (Lipinski definition) is 4. The van der Waals surface area contributed by atoms with E-state index in [1.165, 1.54) is 6.08 Å². The van der Waals surface area contributed by atoms with E-state index in [1.54, 1.807) is 24.3 Å². The van der Waals surface area contributed by atoms with Gasteiger partial charge in [0.2, 0.25) is 11.6 Å². The van der Waals surface area contributed by atoms with E-state index < -0.39 is 23.1 Å². The van der Waals surface area contributed by atoms with Gasteiger partial charge in [-0.3, -0.25) is 9.59 Å². The van der Waals surface area contributed by atoms with E-state index in [9.17, 15) is 14.4 Å². The maximum Gasteiger partial charge on any atom is 0.332 e. The molecule has 16 heavy (non-hydrogen) atoms. The molecular formula is C12H6O4. The lowest BCUT2D eigenvalue weighted by Gasteiger charge is -2.15. The molecule has 0 aromatic heterocycles. The molecule has 1 aromatic rings. The van der Waals surface area contributed by atoms with E-state index in [0.29, 0.717) is 11.1 Å². The van der Waals surface area contributed by atoms with Crippen molar-refractivity contribution in [3.8, 4) is 0 Å². The summed E-state index contributed by atoms with van der Waals surface area (Å²) >= 11 is 0. The summed E-state index contributed by atoms with van der Waals surface area (Å²) in [5, 5.41) is 0. The Morgan fingerprint density at radius 2 is 1.50 bits per heavy atom. The van der Waals surface area contributed by atoms with E-state index in [0.717, 1.165) is 6.08 Å². The van der Waals surface area contributed by atoms with Crippen LogP contribution in [0.25, 0.3) is 0 Å². The van der Waals surface area contributed by atoms with Crippen LogP contribution >= 0.6 is 0 Å². The van der Waals surface area contributed by atoms with Crippen molar-refractivity contribution in [1.82, 2.24) is 0 Å². The summed E-state index contributed by atoms with van der Waals surface area (Å²) in [5.41, 5.74) is -1.10. The molecule has 2 aliphatic rings. The van der Waals surface area contributed by atoms with Crippen LogP contribution in [0.4, 0.5) is 0 Å². The highest BCUT2D eigenvalue weighted by molar-refractivity contribution is 6.35. The summed E-state index contributed by atoms with van der Waals surface area (Å²) in [4.78, 5) is 35.1. The van der Waals surface area contributed by atoms with Crippen LogP contribution in [-0.4, -0.2) is 23.1 Å². The molecule has 0 atom stereocenters. The number of Topliss-reactive ketones (excluding diaryl/α,β-unsaturated/α-hetero) is 2. The van der Waals surface area contributed by atoms with Gasteiger partial charge in [0.1, 0.15) is 0 Å². The fourth-order valence-electron chi connectivity index (χ4n) is 2.04. The number of esters is 1. The first-order valence-corrected chi connectivity index (χ1v) is 4.76. The van der Waals surface area contributed by atoms with E-state index in [2.05, 4.69) is 0 Å². The van der Waals surface area contributed by atoms with Gasteiger partial charge in [-0.05, 0) is 6.08 Å². The monoisotopic (exact) mass is 214 g/mol. The Hall–Kier alpha value is -2.23. The van der Waals surface area contributed by atoms with Crippen LogP contribution in [-0.2, 0) is 9.53 Å². The van der Waals surface area contributed by atoms with Crippen LogP contribution in [0.5, 0.6) is 0 Å². The Bertz CT molecular complexity index is 533. The number of carbonyl (C=O) groups excluding carboxylic acids is 3. The van der Waals surface area contributed by atoms with E-state index >= 15 is 0 Å². The Balaban J connectivity index is 2.23. The zero-order chi connectivity index (χ0) is 11.3. The quantitative estimate of drug-likeness (QED) is 0.476. The third kappa shape index (κ3) is 0.863. The molecule has 1 aromatic carbocycles. The van der Waals surface area contributed by atoms with Crippen molar-refractivity contribution in [3.05, 3.63) is 47.5 Å². The molecule has 1 aliphatic carbocycles. The molecule has 4 nitrogen and oxygen atoms in total. The number of ketones is 2. The Kier molecular flexibility index (Phi) is 1.50. The average Bonchev–Trinajstić information content (AvgIpc) is 2.78. The Morgan fingerprint density at radius 3 is 1.94 bits per heavy atom. The lowest BCUT2D eigenvalue weighted by atomic mass is 9.98. The Labute approximate surface area is 90.5 Å². The fraction of sp³-hybridized carbons (Fsp3) is 0.0833. The fourth-order valence-corrected chi connectivity index (χ4v) is 2.04. The molecule has 0 fully saturated rings. The summed E-state index contributed by atoms with van der Waals surface area (Å²) in [6.07, 6.45) is 2.35. The molecule has 1 aliphatic heterocycles. The van der Waals surface area contributed by atoms with Crippen LogP contribution in [0.2, 0.25) is 0 Å². The molecular weight excluding hydrogens is 208 g/mol. The molecule has 0 N–H and O–H groups in total. The smallest absolute Gasteiger partial charge is 0.332 e. The molecule has 0 radical (unpaired) electrons. The Morgan fingerprint density at radius 1 is 0.938 bits per heavy atom. The standard InChI is InChI=1S/C12H6O4/c13-9-5-6-12(16-9)10(14)7-3-1-2-4-8(7)11(12)15/h1-6H. The minimum absolute atomic E-state index is 0.312. The summed E-state index contributed by atoms with van der Waals surface area (Å²) in [7, 11) is 0. The molecule has 78 valence electrons. The predicted octanol–water partition coefficient (Wildman–Crippen LogP) is 0.917. The minimum Gasteiger partial charge on any atom is -0.435 e. The SMILES string of the molecule is O=C1C=CC2(O1)C(=O)c1ccccc1C2=O. The summed E-state index contributed by atoms with van der Waals surface area (Å²) in [5.74, 6) is -1.58. The first-order valence-electron chi connectivity index (χ1n) is 4.76. The number of ether oxygens (including phenoxy) is 1. The number of carbonyl (C=O) groups is 3. The van der Waals surface area contributed by atoms with Crippen LogP contribution in [0, 0.1) is 0 Å². The van der Waals surface area contributed by atoms with Crippen molar-refractivity contribution in [2.45, 2.75) is 5.60 Å². The van der Waals surface area contributed by atoms with Gasteiger partial charge >= 0.3 is 5.97 Å². The molecule has 4 heteroatoms. The van der Waals surface area contributed by atoms with Crippen molar-refractivity contribution in [2.75, 3.05) is 0 Å². The highest BCUT2D eigenvalue weighted by Gasteiger charge is 2.56. The number of benzene rings is 1. The van der Waals surface area contributed by atoms with Crippen LogP contribution < -0.4 is 0 Å². The lowest BCUT2D eigenvalue weighted by molar-refractivity contribution is -0.140. The van der Waals surface area contributed by atoms with E-state index in [1.807, 2.05) is 0 Å². The van der Waals surface area contributed by atoms with Crippen molar-refractivity contribution in [3.63, 3.8) is 0 Å². The van der Waals surface area contributed by atoms with Crippen molar-refractivity contribution in [2.24, 2.45) is 0 Å². The third-order valence-corrected chi connectivity index (χ3v) is 2.81. The predicted molar refractivity (Wildman–Crippen MR) is 53.1 cm³/mol. The molecule has 0 saturated carbocycles. The highest BCUT2D eigenvalue weighted by Crippen LogP contribution is 2.36. The molecule has 0 amide bonds. The van der Waals surface area contributed by atoms with Crippen LogP contribution in [0.15, 0.2) is 36.4 Å². The molecule has 1 spiro atoms. The molecule has 0 unspecified atom stereocenters. The first-order chi connectivity index (χ1) is 7.65. The maximum absolute atomic E-state index is 12.0. The van der Waals surface area contributed by atoms with Gasteiger partial charge in [0.25, 0.3) is 5.60 Å². The van der Waals surface area contributed by atoms with Crippen LogP contribution in [0.1, 0.15) is 20.7 Å². The lowest BCUT2D eigenvalue weighted by Crippen LogP contribution is -2.40. The van der Waals surface area contributed by atoms with Gasteiger partial charge in [-0.25, -0.2) is 4.79 Å². The topological polar surface area (TPSA) is 60.4 Å². The van der Waals surface area contributed by atoms with Gasteiger partial charge in [0.05, 0.1) is 0 Å².